The van der Waals surface area contributed by atoms with Crippen molar-refractivity contribution >= 4 is 23.2 Å². The van der Waals surface area contributed by atoms with E-state index in [9.17, 15) is 4.79 Å². The van der Waals surface area contributed by atoms with Crippen LogP contribution in [-0.4, -0.2) is 33.8 Å². The van der Waals surface area contributed by atoms with Gasteiger partial charge in [-0.2, -0.15) is 5.10 Å². The fourth-order valence-electron chi connectivity index (χ4n) is 1.61. The molecule has 1 aromatic heterocycles. The van der Waals surface area contributed by atoms with Gasteiger partial charge in [0.2, 0.25) is 5.91 Å². The standard InChI is InChI=1S/C12H14ClN5O/c1-2-14-6-11(19)17-10-5-3-4-9(13)12(10)18-8-15-7-16-18/h3-5,7-8,14H,2,6H2,1H3,(H,17,19). The fourth-order valence-corrected chi connectivity index (χ4v) is 1.87. The number of likely N-dealkylation sites (N-methyl/N-ethyl adjacent to an activating group) is 1. The third kappa shape index (κ3) is 3.30. The predicted molar refractivity (Wildman–Crippen MR) is 73.5 cm³/mol. The zero-order valence-electron chi connectivity index (χ0n) is 10.4. The molecule has 0 bridgehead atoms. The molecule has 0 atom stereocenters. The maximum atomic E-state index is 11.7. The number of aromatic nitrogens is 3. The number of benzene rings is 1. The molecule has 0 fully saturated rings. The molecule has 2 aromatic rings. The number of carbonyl (C=O) groups excluding carboxylic acids is 1. The lowest BCUT2D eigenvalue weighted by atomic mass is 10.2. The van der Waals surface area contributed by atoms with Crippen LogP contribution in [0.3, 0.4) is 0 Å². The number of nitrogens with one attached hydrogen (secondary N) is 2. The summed E-state index contributed by atoms with van der Waals surface area (Å²) in [7, 11) is 0. The Balaban J connectivity index is 2.26. The third-order valence-corrected chi connectivity index (χ3v) is 2.75. The molecule has 1 amide bonds. The largest absolute Gasteiger partial charge is 0.323 e. The lowest BCUT2D eigenvalue weighted by Gasteiger charge is -2.12. The summed E-state index contributed by atoms with van der Waals surface area (Å²) < 4.78 is 1.52. The first kappa shape index (κ1) is 13.5. The van der Waals surface area contributed by atoms with E-state index in [2.05, 4.69) is 20.7 Å². The molecule has 1 aromatic carbocycles. The molecular formula is C12H14ClN5O. The summed E-state index contributed by atoms with van der Waals surface area (Å²) in [5.41, 5.74) is 1.20. The minimum atomic E-state index is -0.134. The van der Waals surface area contributed by atoms with Crippen molar-refractivity contribution in [2.45, 2.75) is 6.92 Å². The number of anilines is 1. The van der Waals surface area contributed by atoms with Crippen molar-refractivity contribution in [3.8, 4) is 5.69 Å². The number of halogens is 1. The molecule has 2 N–H and O–H groups in total. The Kier molecular flexibility index (Phi) is 4.48. The van der Waals surface area contributed by atoms with Crippen LogP contribution in [0.4, 0.5) is 5.69 Å². The summed E-state index contributed by atoms with van der Waals surface area (Å²) in [6.45, 7) is 2.92. The minimum Gasteiger partial charge on any atom is -0.323 e. The molecule has 0 saturated heterocycles. The Labute approximate surface area is 115 Å². The van der Waals surface area contributed by atoms with Gasteiger partial charge in [0, 0.05) is 0 Å². The van der Waals surface area contributed by atoms with Crippen LogP contribution < -0.4 is 10.6 Å². The molecule has 6 nitrogen and oxygen atoms in total. The van der Waals surface area contributed by atoms with Crippen LogP contribution in [-0.2, 0) is 4.79 Å². The van der Waals surface area contributed by atoms with Gasteiger partial charge >= 0.3 is 0 Å². The molecule has 0 unspecified atom stereocenters. The molecular weight excluding hydrogens is 266 g/mol. The Bertz CT molecular complexity index is 555. The first-order chi connectivity index (χ1) is 9.22. The first-order valence-electron chi connectivity index (χ1n) is 5.86. The third-order valence-electron chi connectivity index (χ3n) is 2.44. The number of hydrogen-bond donors (Lipinski definition) is 2. The van der Waals surface area contributed by atoms with Gasteiger partial charge in [-0.15, -0.1) is 0 Å². The van der Waals surface area contributed by atoms with E-state index in [1.54, 1.807) is 18.2 Å². The number of carbonyl (C=O) groups is 1. The van der Waals surface area contributed by atoms with Gasteiger partial charge in [-0.1, -0.05) is 24.6 Å². The van der Waals surface area contributed by atoms with Crippen molar-refractivity contribution in [3.63, 3.8) is 0 Å². The van der Waals surface area contributed by atoms with Crippen LogP contribution in [0.2, 0.25) is 5.02 Å². The van der Waals surface area contributed by atoms with E-state index >= 15 is 0 Å². The van der Waals surface area contributed by atoms with Gasteiger partial charge in [0.15, 0.2) is 0 Å². The SMILES string of the molecule is CCNCC(=O)Nc1cccc(Cl)c1-n1cncn1. The second-order valence-electron chi connectivity index (χ2n) is 3.80. The normalized spacial score (nSPS) is 10.4. The van der Waals surface area contributed by atoms with Crippen LogP contribution in [0.5, 0.6) is 0 Å². The highest BCUT2D eigenvalue weighted by atomic mass is 35.5. The van der Waals surface area contributed by atoms with E-state index in [4.69, 9.17) is 11.6 Å². The monoisotopic (exact) mass is 279 g/mol. The minimum absolute atomic E-state index is 0.134. The molecule has 0 radical (unpaired) electrons. The van der Waals surface area contributed by atoms with Crippen molar-refractivity contribution in [2.24, 2.45) is 0 Å². The molecule has 7 heteroatoms. The van der Waals surface area contributed by atoms with Crippen LogP contribution in [0.25, 0.3) is 5.69 Å². The van der Waals surface area contributed by atoms with Crippen LogP contribution in [0, 0.1) is 0 Å². The quantitative estimate of drug-likeness (QED) is 0.869. The Morgan fingerprint density at radius 3 is 3.00 bits per heavy atom. The second kappa shape index (κ2) is 6.31. The van der Waals surface area contributed by atoms with Gasteiger partial charge < -0.3 is 10.6 Å². The highest BCUT2D eigenvalue weighted by Crippen LogP contribution is 2.27. The lowest BCUT2D eigenvalue weighted by molar-refractivity contribution is -0.115. The van der Waals surface area contributed by atoms with Crippen molar-refractivity contribution in [1.82, 2.24) is 20.1 Å². The molecule has 0 aliphatic carbocycles. The number of para-hydroxylation sites is 1. The van der Waals surface area contributed by atoms with E-state index in [1.807, 2.05) is 6.92 Å². The van der Waals surface area contributed by atoms with Gasteiger partial charge in [-0.25, -0.2) is 9.67 Å². The molecule has 0 aliphatic heterocycles. The molecule has 0 aliphatic rings. The second-order valence-corrected chi connectivity index (χ2v) is 4.21. The van der Waals surface area contributed by atoms with Gasteiger partial charge in [0.05, 0.1) is 17.3 Å². The molecule has 1 heterocycles. The lowest BCUT2D eigenvalue weighted by Crippen LogP contribution is -2.28. The van der Waals surface area contributed by atoms with Gasteiger partial charge in [0.1, 0.15) is 18.3 Å². The number of rotatable bonds is 5. The van der Waals surface area contributed by atoms with Crippen LogP contribution in [0.15, 0.2) is 30.9 Å². The maximum absolute atomic E-state index is 11.7. The van der Waals surface area contributed by atoms with Gasteiger partial charge in [-0.05, 0) is 18.7 Å². The summed E-state index contributed by atoms with van der Waals surface area (Å²) in [5, 5.41) is 10.3. The number of hydrogen-bond acceptors (Lipinski definition) is 4. The average molecular weight is 280 g/mol. The molecule has 19 heavy (non-hydrogen) atoms. The predicted octanol–water partition coefficient (Wildman–Crippen LogP) is 1.47. The van der Waals surface area contributed by atoms with Gasteiger partial charge in [0.25, 0.3) is 0 Å². The summed E-state index contributed by atoms with van der Waals surface area (Å²) in [6, 6.07) is 5.27. The highest BCUT2D eigenvalue weighted by Gasteiger charge is 2.12. The first-order valence-corrected chi connectivity index (χ1v) is 6.24. The smallest absolute Gasteiger partial charge is 0.238 e. The van der Waals surface area contributed by atoms with E-state index in [-0.39, 0.29) is 12.5 Å². The van der Waals surface area contributed by atoms with E-state index in [0.29, 0.717) is 16.4 Å². The number of nitrogens with zero attached hydrogens (tertiary/aromatic N) is 3. The Morgan fingerprint density at radius 1 is 1.47 bits per heavy atom. The van der Waals surface area contributed by atoms with E-state index in [0.717, 1.165) is 6.54 Å². The Hall–Kier alpha value is -1.92. The highest BCUT2D eigenvalue weighted by molar-refractivity contribution is 6.33. The van der Waals surface area contributed by atoms with Crippen LogP contribution >= 0.6 is 11.6 Å². The van der Waals surface area contributed by atoms with Crippen molar-refractivity contribution in [1.29, 1.82) is 0 Å². The van der Waals surface area contributed by atoms with Crippen molar-refractivity contribution in [3.05, 3.63) is 35.9 Å². The number of amides is 1. The van der Waals surface area contributed by atoms with Crippen LogP contribution in [0.1, 0.15) is 6.92 Å². The van der Waals surface area contributed by atoms with E-state index in [1.165, 1.54) is 17.3 Å². The average Bonchev–Trinajstić information content (AvgIpc) is 2.90. The van der Waals surface area contributed by atoms with E-state index < -0.39 is 0 Å². The van der Waals surface area contributed by atoms with Crippen molar-refractivity contribution in [2.75, 3.05) is 18.4 Å². The maximum Gasteiger partial charge on any atom is 0.238 e. The zero-order valence-corrected chi connectivity index (χ0v) is 11.2. The molecule has 0 spiro atoms. The summed E-state index contributed by atoms with van der Waals surface area (Å²) in [4.78, 5) is 15.6. The zero-order chi connectivity index (χ0) is 13.7. The molecule has 2 rings (SSSR count). The molecule has 0 saturated carbocycles. The summed E-state index contributed by atoms with van der Waals surface area (Å²) in [6.07, 6.45) is 2.94. The summed E-state index contributed by atoms with van der Waals surface area (Å²) in [5.74, 6) is -0.134. The summed E-state index contributed by atoms with van der Waals surface area (Å²) >= 11 is 6.15. The molecule has 100 valence electrons. The Morgan fingerprint density at radius 2 is 2.32 bits per heavy atom. The topological polar surface area (TPSA) is 71.8 Å². The van der Waals surface area contributed by atoms with Gasteiger partial charge in [-0.3, -0.25) is 4.79 Å². The fraction of sp³-hybridized carbons (Fsp3) is 0.250. The van der Waals surface area contributed by atoms with Crippen molar-refractivity contribution < 1.29 is 4.79 Å².